The lowest BCUT2D eigenvalue weighted by molar-refractivity contribution is -0.133. The first-order chi connectivity index (χ1) is 11.8. The second-order valence-corrected chi connectivity index (χ2v) is 8.74. The number of likely N-dealkylation sites (N-methyl/N-ethyl adjacent to an activating group) is 1. The summed E-state index contributed by atoms with van der Waals surface area (Å²) >= 11 is 5.93. The van der Waals surface area contributed by atoms with E-state index in [9.17, 15) is 18.0 Å². The highest BCUT2D eigenvalue weighted by molar-refractivity contribution is 7.91. The average Bonchev–Trinajstić information content (AvgIpc) is 2.91. The third kappa shape index (κ3) is 3.69. The van der Waals surface area contributed by atoms with Gasteiger partial charge in [-0.25, -0.2) is 13.4 Å². The van der Waals surface area contributed by atoms with Crippen LogP contribution in [0.4, 0.5) is 0 Å². The van der Waals surface area contributed by atoms with Crippen LogP contribution in [-0.4, -0.2) is 52.9 Å². The van der Waals surface area contributed by atoms with Crippen LogP contribution < -0.4 is 5.56 Å². The van der Waals surface area contributed by atoms with E-state index in [4.69, 9.17) is 11.6 Å². The fraction of sp³-hybridized carbons (Fsp3) is 0.438. The third-order valence-corrected chi connectivity index (χ3v) is 6.39. The summed E-state index contributed by atoms with van der Waals surface area (Å²) in [5.41, 5.74) is 0.156. The van der Waals surface area contributed by atoms with Crippen molar-refractivity contribution in [2.24, 2.45) is 0 Å². The molecule has 3 rings (SSSR count). The summed E-state index contributed by atoms with van der Waals surface area (Å²) in [7, 11) is -3.09. The van der Waals surface area contributed by atoms with Gasteiger partial charge in [0.1, 0.15) is 6.54 Å². The molecular weight excluding hydrogens is 366 g/mol. The van der Waals surface area contributed by atoms with Crippen molar-refractivity contribution in [1.82, 2.24) is 14.5 Å². The van der Waals surface area contributed by atoms with Gasteiger partial charge in [0.05, 0.1) is 28.7 Å². The molecule has 1 saturated heterocycles. The molecule has 1 aromatic carbocycles. The summed E-state index contributed by atoms with van der Waals surface area (Å²) in [6.07, 6.45) is 1.76. The lowest BCUT2D eigenvalue weighted by Gasteiger charge is -2.27. The van der Waals surface area contributed by atoms with Gasteiger partial charge in [-0.3, -0.25) is 14.2 Å². The van der Waals surface area contributed by atoms with Crippen molar-refractivity contribution in [3.8, 4) is 0 Å². The molecule has 1 aliphatic heterocycles. The maximum absolute atomic E-state index is 12.6. The molecule has 1 amide bonds. The lowest BCUT2D eigenvalue weighted by atomic mass is 10.2. The standard InChI is InChI=1S/C16H18ClN3O4S/c1-2-20(12-5-6-25(23,24)9-12)15(21)8-19-10-18-14-4-3-11(17)7-13(14)16(19)22/h3-4,7,10,12H,2,5-6,8-9H2,1H3/t12-/m1/s1. The van der Waals surface area contributed by atoms with Crippen molar-refractivity contribution in [2.75, 3.05) is 18.1 Å². The number of carbonyl (C=O) groups excluding carboxylic acids is 1. The van der Waals surface area contributed by atoms with Crippen LogP contribution >= 0.6 is 11.6 Å². The Balaban J connectivity index is 1.86. The number of aromatic nitrogens is 2. The average molecular weight is 384 g/mol. The summed E-state index contributed by atoms with van der Waals surface area (Å²) < 4.78 is 24.5. The summed E-state index contributed by atoms with van der Waals surface area (Å²) in [6, 6.07) is 4.48. The molecule has 0 N–H and O–H groups in total. The molecule has 1 fully saturated rings. The molecule has 0 radical (unpaired) electrons. The first-order valence-corrected chi connectivity index (χ1v) is 10.2. The Morgan fingerprint density at radius 3 is 2.84 bits per heavy atom. The van der Waals surface area contributed by atoms with Gasteiger partial charge in [0, 0.05) is 17.6 Å². The van der Waals surface area contributed by atoms with Crippen LogP contribution in [0.3, 0.4) is 0 Å². The smallest absolute Gasteiger partial charge is 0.261 e. The van der Waals surface area contributed by atoms with Gasteiger partial charge >= 0.3 is 0 Å². The van der Waals surface area contributed by atoms with Crippen molar-refractivity contribution < 1.29 is 13.2 Å². The van der Waals surface area contributed by atoms with E-state index in [0.29, 0.717) is 28.9 Å². The Hall–Kier alpha value is -1.93. The fourth-order valence-electron chi connectivity index (χ4n) is 3.14. The van der Waals surface area contributed by atoms with E-state index in [1.165, 1.54) is 21.9 Å². The third-order valence-electron chi connectivity index (χ3n) is 4.40. The number of hydrogen-bond acceptors (Lipinski definition) is 5. The summed E-state index contributed by atoms with van der Waals surface area (Å²) in [5, 5.41) is 0.760. The normalized spacial score (nSPS) is 19.2. The number of fused-ring (bicyclic) bond motifs is 1. The van der Waals surface area contributed by atoms with Crippen LogP contribution in [-0.2, 0) is 21.2 Å². The molecule has 0 saturated carbocycles. The van der Waals surface area contributed by atoms with E-state index in [1.54, 1.807) is 19.1 Å². The van der Waals surface area contributed by atoms with Crippen LogP contribution in [0.5, 0.6) is 0 Å². The molecule has 0 unspecified atom stereocenters. The van der Waals surface area contributed by atoms with Crippen molar-refractivity contribution in [3.05, 3.63) is 39.9 Å². The highest BCUT2D eigenvalue weighted by Crippen LogP contribution is 2.18. The SMILES string of the molecule is CCN(C(=O)Cn1cnc2ccc(Cl)cc2c1=O)[C@@H]1CCS(=O)(=O)C1. The largest absolute Gasteiger partial charge is 0.337 e. The maximum Gasteiger partial charge on any atom is 0.261 e. The van der Waals surface area contributed by atoms with Crippen LogP contribution in [0.1, 0.15) is 13.3 Å². The van der Waals surface area contributed by atoms with Crippen molar-refractivity contribution in [3.63, 3.8) is 0 Å². The number of sulfone groups is 1. The monoisotopic (exact) mass is 383 g/mol. The van der Waals surface area contributed by atoms with Crippen LogP contribution in [0.15, 0.2) is 29.3 Å². The summed E-state index contributed by atoms with van der Waals surface area (Å²) in [4.78, 5) is 30.9. The molecule has 0 aliphatic carbocycles. The van der Waals surface area contributed by atoms with Gasteiger partial charge in [-0.05, 0) is 31.5 Å². The quantitative estimate of drug-likeness (QED) is 0.788. The second-order valence-electron chi connectivity index (χ2n) is 6.08. The van der Waals surface area contributed by atoms with Crippen molar-refractivity contribution in [1.29, 1.82) is 0 Å². The van der Waals surface area contributed by atoms with E-state index in [-0.39, 0.29) is 35.6 Å². The predicted octanol–water partition coefficient (Wildman–Crippen LogP) is 1.09. The number of amides is 1. The first-order valence-electron chi connectivity index (χ1n) is 7.95. The lowest BCUT2D eigenvalue weighted by Crippen LogP contribution is -2.43. The van der Waals surface area contributed by atoms with Gasteiger partial charge in [-0.1, -0.05) is 11.6 Å². The predicted molar refractivity (Wildman–Crippen MR) is 95.5 cm³/mol. The Bertz CT molecular complexity index is 987. The van der Waals surface area contributed by atoms with Gasteiger partial charge in [0.25, 0.3) is 5.56 Å². The minimum absolute atomic E-state index is 0.0208. The van der Waals surface area contributed by atoms with Gasteiger partial charge in [-0.15, -0.1) is 0 Å². The Kier molecular flexibility index (Phi) is 4.83. The molecule has 0 spiro atoms. The molecule has 1 aliphatic rings. The van der Waals surface area contributed by atoms with Gasteiger partial charge in [-0.2, -0.15) is 0 Å². The number of rotatable bonds is 4. The molecule has 25 heavy (non-hydrogen) atoms. The minimum Gasteiger partial charge on any atom is -0.337 e. The zero-order chi connectivity index (χ0) is 18.2. The second kappa shape index (κ2) is 6.76. The number of benzene rings is 1. The number of carbonyl (C=O) groups is 1. The van der Waals surface area contributed by atoms with Crippen LogP contribution in [0, 0.1) is 0 Å². The molecule has 134 valence electrons. The molecule has 1 aromatic heterocycles. The van der Waals surface area contributed by atoms with Crippen molar-refractivity contribution >= 4 is 38.2 Å². The van der Waals surface area contributed by atoms with E-state index >= 15 is 0 Å². The highest BCUT2D eigenvalue weighted by Gasteiger charge is 2.33. The summed E-state index contributed by atoms with van der Waals surface area (Å²) in [6.45, 7) is 2.00. The Labute approximate surface area is 150 Å². The van der Waals surface area contributed by atoms with Gasteiger partial charge in [0.2, 0.25) is 5.91 Å². The van der Waals surface area contributed by atoms with Crippen LogP contribution in [0.2, 0.25) is 5.02 Å². The van der Waals surface area contributed by atoms with E-state index < -0.39 is 9.84 Å². The molecule has 9 heteroatoms. The number of nitrogens with zero attached hydrogens (tertiary/aromatic N) is 3. The first kappa shape index (κ1) is 17.9. The highest BCUT2D eigenvalue weighted by atomic mass is 35.5. The Morgan fingerprint density at radius 2 is 2.20 bits per heavy atom. The molecule has 7 nitrogen and oxygen atoms in total. The van der Waals surface area contributed by atoms with E-state index in [1.807, 2.05) is 0 Å². The molecule has 2 heterocycles. The van der Waals surface area contributed by atoms with E-state index in [0.717, 1.165) is 0 Å². The molecule has 1 atom stereocenters. The van der Waals surface area contributed by atoms with Gasteiger partial charge < -0.3 is 4.90 Å². The van der Waals surface area contributed by atoms with Crippen molar-refractivity contribution in [2.45, 2.75) is 25.9 Å². The van der Waals surface area contributed by atoms with Crippen LogP contribution in [0.25, 0.3) is 10.9 Å². The Morgan fingerprint density at radius 1 is 1.44 bits per heavy atom. The minimum atomic E-state index is -3.09. The van der Waals surface area contributed by atoms with E-state index in [2.05, 4.69) is 4.98 Å². The zero-order valence-corrected chi connectivity index (χ0v) is 15.3. The fourth-order valence-corrected chi connectivity index (χ4v) is 5.04. The topological polar surface area (TPSA) is 89.3 Å². The molecular formula is C16H18ClN3O4S. The number of hydrogen-bond donors (Lipinski definition) is 0. The maximum atomic E-state index is 12.6. The molecule has 0 bridgehead atoms. The summed E-state index contributed by atoms with van der Waals surface area (Å²) in [5.74, 6) is -0.223. The van der Waals surface area contributed by atoms with Gasteiger partial charge in [0.15, 0.2) is 9.84 Å². The number of halogens is 1. The molecule has 2 aromatic rings. The zero-order valence-electron chi connectivity index (χ0n) is 13.7.